The maximum Gasteiger partial charge on any atom is 0.307 e. The van der Waals surface area contributed by atoms with Crippen molar-refractivity contribution < 1.29 is 23.9 Å². The highest BCUT2D eigenvalue weighted by Gasteiger charge is 2.24. The molecular weight excluding hydrogens is 402 g/mol. The molecule has 1 N–H and O–H groups in total. The fraction of sp³-hybridized carbons (Fsp3) is 0.926. The molecular formula is C27H54NO4+. The normalized spacial score (nSPS) is 13.7. The van der Waals surface area contributed by atoms with Crippen LogP contribution in [0.4, 0.5) is 0 Å². The molecule has 0 saturated carbocycles. The number of ether oxygens (including phenoxy) is 1. The molecule has 0 aromatic heterocycles. The van der Waals surface area contributed by atoms with E-state index in [9.17, 15) is 9.59 Å². The highest BCUT2D eigenvalue weighted by molar-refractivity contribution is 5.71. The number of unbranched alkanes of at least 4 members (excludes halogenated alkanes) is 11. The number of carbonyl (C=O) groups is 2. The van der Waals surface area contributed by atoms with Crippen LogP contribution in [0.3, 0.4) is 0 Å². The Morgan fingerprint density at radius 3 is 1.72 bits per heavy atom. The third-order valence-corrected chi connectivity index (χ3v) is 6.08. The summed E-state index contributed by atoms with van der Waals surface area (Å²) in [7, 11) is 5.91. The second-order valence-corrected chi connectivity index (χ2v) is 10.9. The van der Waals surface area contributed by atoms with Crippen LogP contribution in [0.5, 0.6) is 0 Å². The van der Waals surface area contributed by atoms with Gasteiger partial charge < -0.3 is 14.3 Å². The van der Waals surface area contributed by atoms with Crippen molar-refractivity contribution in [3.8, 4) is 0 Å². The standard InChI is InChI=1S/C27H53NO4/c1-6-7-8-13-16-19-24(2)20-17-14-11-9-10-12-15-18-21-27(31)32-25(22-26(29)30)23-28(3,4)5/h24-25H,6-23H2,1-5H3/p+1. The Hall–Kier alpha value is -1.10. The van der Waals surface area contributed by atoms with Gasteiger partial charge in [0, 0.05) is 6.42 Å². The van der Waals surface area contributed by atoms with Crippen LogP contribution in [0.2, 0.25) is 0 Å². The third-order valence-electron chi connectivity index (χ3n) is 6.08. The number of quaternary nitrogens is 1. The van der Waals surface area contributed by atoms with E-state index in [2.05, 4.69) is 13.8 Å². The number of hydrogen-bond acceptors (Lipinski definition) is 3. The molecule has 0 aliphatic heterocycles. The summed E-state index contributed by atoms with van der Waals surface area (Å²) in [5.41, 5.74) is 0. The molecule has 0 amide bonds. The highest BCUT2D eigenvalue weighted by atomic mass is 16.5. The van der Waals surface area contributed by atoms with Crippen LogP contribution in [0.15, 0.2) is 0 Å². The van der Waals surface area contributed by atoms with Crippen LogP contribution < -0.4 is 0 Å². The Balaban J connectivity index is 3.62. The molecule has 0 bridgehead atoms. The minimum atomic E-state index is -0.923. The van der Waals surface area contributed by atoms with Crippen molar-refractivity contribution in [3.63, 3.8) is 0 Å². The molecule has 0 heterocycles. The lowest BCUT2D eigenvalue weighted by Gasteiger charge is -2.28. The number of likely N-dealkylation sites (N-methyl/N-ethyl adjacent to an activating group) is 1. The highest BCUT2D eigenvalue weighted by Crippen LogP contribution is 2.18. The molecule has 0 aromatic rings. The van der Waals surface area contributed by atoms with E-state index in [1.807, 2.05) is 21.1 Å². The summed E-state index contributed by atoms with van der Waals surface area (Å²) in [6, 6.07) is 0. The number of nitrogens with zero attached hydrogens (tertiary/aromatic N) is 1. The van der Waals surface area contributed by atoms with Gasteiger partial charge in [-0.3, -0.25) is 9.59 Å². The van der Waals surface area contributed by atoms with Gasteiger partial charge in [0.2, 0.25) is 0 Å². The quantitative estimate of drug-likeness (QED) is 0.108. The van der Waals surface area contributed by atoms with Gasteiger partial charge in [-0.1, -0.05) is 104 Å². The first-order chi connectivity index (χ1) is 15.1. The Labute approximate surface area is 198 Å². The first kappa shape index (κ1) is 30.9. The topological polar surface area (TPSA) is 63.6 Å². The van der Waals surface area contributed by atoms with Crippen LogP contribution >= 0.6 is 0 Å². The monoisotopic (exact) mass is 456 g/mol. The Bertz CT molecular complexity index is 473. The summed E-state index contributed by atoms with van der Waals surface area (Å²) in [6.45, 7) is 5.20. The van der Waals surface area contributed by atoms with E-state index in [4.69, 9.17) is 9.84 Å². The SMILES string of the molecule is CCCCCCCC(C)CCCCCCCCCCC(=O)OC(CC(=O)O)C[N+](C)(C)C. The van der Waals surface area contributed by atoms with Gasteiger partial charge in [-0.15, -0.1) is 0 Å². The first-order valence-electron chi connectivity index (χ1n) is 13.4. The van der Waals surface area contributed by atoms with Crippen molar-refractivity contribution >= 4 is 11.9 Å². The molecule has 0 radical (unpaired) electrons. The Morgan fingerprint density at radius 2 is 1.25 bits per heavy atom. The van der Waals surface area contributed by atoms with Crippen molar-refractivity contribution in [2.24, 2.45) is 5.92 Å². The number of hydrogen-bond donors (Lipinski definition) is 1. The molecule has 0 aliphatic carbocycles. The van der Waals surface area contributed by atoms with Crippen molar-refractivity contribution in [2.45, 2.75) is 129 Å². The molecule has 0 spiro atoms. The second-order valence-electron chi connectivity index (χ2n) is 10.9. The molecule has 0 fully saturated rings. The summed E-state index contributed by atoms with van der Waals surface area (Å²) in [6.07, 6.45) is 19.1. The van der Waals surface area contributed by atoms with Crippen LogP contribution in [-0.2, 0) is 14.3 Å². The van der Waals surface area contributed by atoms with E-state index < -0.39 is 12.1 Å². The molecule has 190 valence electrons. The Morgan fingerprint density at radius 1 is 0.781 bits per heavy atom. The Kier molecular flexibility index (Phi) is 18.7. The van der Waals surface area contributed by atoms with Crippen LogP contribution in [0, 0.1) is 5.92 Å². The lowest BCUT2D eigenvalue weighted by Crippen LogP contribution is -2.43. The summed E-state index contributed by atoms with van der Waals surface area (Å²) < 4.78 is 6.01. The van der Waals surface area contributed by atoms with Crippen LogP contribution in [0.25, 0.3) is 0 Å². The molecule has 0 aromatic carbocycles. The van der Waals surface area contributed by atoms with E-state index in [1.165, 1.54) is 83.5 Å². The summed E-state index contributed by atoms with van der Waals surface area (Å²) in [4.78, 5) is 23.1. The average molecular weight is 457 g/mol. The summed E-state index contributed by atoms with van der Waals surface area (Å²) >= 11 is 0. The molecule has 0 aliphatic rings. The van der Waals surface area contributed by atoms with Gasteiger partial charge in [0.1, 0.15) is 6.54 Å². The van der Waals surface area contributed by atoms with Crippen molar-refractivity contribution in [1.29, 1.82) is 0 Å². The molecule has 2 unspecified atom stereocenters. The largest absolute Gasteiger partial charge is 0.481 e. The number of rotatable bonds is 22. The van der Waals surface area contributed by atoms with Crippen LogP contribution in [0.1, 0.15) is 123 Å². The van der Waals surface area contributed by atoms with E-state index in [-0.39, 0.29) is 12.4 Å². The lowest BCUT2D eigenvalue weighted by atomic mass is 9.96. The zero-order chi connectivity index (χ0) is 24.2. The molecule has 5 heteroatoms. The molecule has 0 saturated heterocycles. The maximum atomic E-state index is 12.1. The average Bonchev–Trinajstić information content (AvgIpc) is 2.67. The van der Waals surface area contributed by atoms with E-state index >= 15 is 0 Å². The van der Waals surface area contributed by atoms with E-state index in [0.29, 0.717) is 17.4 Å². The lowest BCUT2D eigenvalue weighted by molar-refractivity contribution is -0.873. The van der Waals surface area contributed by atoms with Crippen molar-refractivity contribution in [2.75, 3.05) is 27.7 Å². The predicted molar refractivity (Wildman–Crippen MR) is 134 cm³/mol. The number of carboxylic acid groups (broad SMARTS) is 1. The summed E-state index contributed by atoms with van der Waals surface area (Å²) in [5, 5.41) is 9.03. The van der Waals surface area contributed by atoms with E-state index in [1.54, 1.807) is 0 Å². The van der Waals surface area contributed by atoms with Gasteiger partial charge in [-0.25, -0.2) is 0 Å². The third kappa shape index (κ3) is 22.1. The molecule has 5 nitrogen and oxygen atoms in total. The van der Waals surface area contributed by atoms with Gasteiger partial charge in [0.05, 0.1) is 27.6 Å². The van der Waals surface area contributed by atoms with Crippen LogP contribution in [-0.4, -0.2) is 55.3 Å². The zero-order valence-electron chi connectivity index (χ0n) is 22.0. The number of esters is 1. The van der Waals surface area contributed by atoms with Gasteiger partial charge in [-0.2, -0.15) is 0 Å². The van der Waals surface area contributed by atoms with E-state index in [0.717, 1.165) is 18.8 Å². The van der Waals surface area contributed by atoms with Crippen molar-refractivity contribution in [3.05, 3.63) is 0 Å². The summed E-state index contributed by atoms with van der Waals surface area (Å²) in [5.74, 6) is -0.300. The fourth-order valence-corrected chi connectivity index (χ4v) is 4.26. The maximum absolute atomic E-state index is 12.1. The minimum absolute atomic E-state index is 0.126. The fourth-order valence-electron chi connectivity index (χ4n) is 4.26. The smallest absolute Gasteiger partial charge is 0.307 e. The first-order valence-corrected chi connectivity index (χ1v) is 13.4. The predicted octanol–water partition coefficient (Wildman–Crippen LogP) is 6.98. The molecule has 0 rings (SSSR count). The van der Waals surface area contributed by atoms with Gasteiger partial charge in [0.15, 0.2) is 6.10 Å². The number of aliphatic carboxylic acids is 1. The van der Waals surface area contributed by atoms with Gasteiger partial charge in [-0.05, 0) is 12.3 Å². The second kappa shape index (κ2) is 19.4. The zero-order valence-corrected chi connectivity index (χ0v) is 22.0. The van der Waals surface area contributed by atoms with Gasteiger partial charge in [0.25, 0.3) is 0 Å². The van der Waals surface area contributed by atoms with Gasteiger partial charge >= 0.3 is 11.9 Å². The number of carboxylic acids is 1. The molecule has 32 heavy (non-hydrogen) atoms. The molecule has 2 atom stereocenters. The number of carbonyl (C=O) groups excluding carboxylic acids is 1. The minimum Gasteiger partial charge on any atom is -0.481 e. The van der Waals surface area contributed by atoms with Crippen molar-refractivity contribution in [1.82, 2.24) is 0 Å².